The van der Waals surface area contributed by atoms with Crippen molar-refractivity contribution in [3.63, 3.8) is 0 Å². The molecule has 1 aromatic carbocycles. The van der Waals surface area contributed by atoms with Crippen LogP contribution >= 0.6 is 0 Å². The van der Waals surface area contributed by atoms with E-state index in [4.69, 9.17) is 4.74 Å². The van der Waals surface area contributed by atoms with Crippen LogP contribution in [0.1, 0.15) is 38.8 Å². The maximum atomic E-state index is 5.71. The fourth-order valence-electron chi connectivity index (χ4n) is 1.38. The molecule has 2 unspecified atom stereocenters. The van der Waals surface area contributed by atoms with Crippen molar-refractivity contribution in [2.24, 2.45) is 5.92 Å². The number of hydrogen-bond acceptors (Lipinski definition) is 2. The number of nitrogens with one attached hydrogen (secondary N) is 1. The van der Waals surface area contributed by atoms with Crippen LogP contribution in [0.4, 0.5) is 0 Å². The number of ether oxygens (including phenoxy) is 1. The Bertz CT molecular complexity index is 294. The first kappa shape index (κ1) is 13.0. The maximum absolute atomic E-state index is 5.71. The minimum Gasteiger partial charge on any atom is -0.493 e. The maximum Gasteiger partial charge on any atom is 0.119 e. The molecule has 0 amide bonds. The summed E-state index contributed by atoms with van der Waals surface area (Å²) in [6.45, 7) is 7.34. The van der Waals surface area contributed by atoms with Gasteiger partial charge in [0.2, 0.25) is 0 Å². The normalized spacial score (nSPS) is 14.5. The van der Waals surface area contributed by atoms with Crippen molar-refractivity contribution < 1.29 is 4.74 Å². The number of rotatable bonds is 6. The molecule has 1 aromatic rings. The molecule has 2 atom stereocenters. The molecule has 16 heavy (non-hydrogen) atoms. The van der Waals surface area contributed by atoms with E-state index in [0.717, 1.165) is 18.8 Å². The Balaban J connectivity index is 2.51. The molecule has 1 rings (SSSR count). The molecule has 2 heteroatoms. The Morgan fingerprint density at radius 3 is 2.31 bits per heavy atom. The predicted molar refractivity (Wildman–Crippen MR) is 68.9 cm³/mol. The van der Waals surface area contributed by atoms with Crippen LogP contribution in [0.3, 0.4) is 0 Å². The van der Waals surface area contributed by atoms with Crippen LogP contribution in [-0.2, 0) is 0 Å². The van der Waals surface area contributed by atoms with Gasteiger partial charge in [0.05, 0.1) is 6.61 Å². The molecule has 0 saturated heterocycles. The monoisotopic (exact) mass is 221 g/mol. The second-order valence-electron chi connectivity index (χ2n) is 4.40. The van der Waals surface area contributed by atoms with Gasteiger partial charge in [0.25, 0.3) is 0 Å². The van der Waals surface area contributed by atoms with Gasteiger partial charge in [-0.15, -0.1) is 0 Å². The smallest absolute Gasteiger partial charge is 0.119 e. The highest BCUT2D eigenvalue weighted by molar-refractivity contribution is 5.28. The van der Waals surface area contributed by atoms with Gasteiger partial charge in [-0.2, -0.15) is 0 Å². The predicted octanol–water partition coefficient (Wildman–Crippen LogP) is 3.39. The number of hydrogen-bond donors (Lipinski definition) is 1. The van der Waals surface area contributed by atoms with Crippen molar-refractivity contribution in [3.8, 4) is 5.75 Å². The fraction of sp³-hybridized carbons (Fsp3) is 0.571. The van der Waals surface area contributed by atoms with Crippen LogP contribution < -0.4 is 10.1 Å². The lowest BCUT2D eigenvalue weighted by atomic mass is 10.1. The Morgan fingerprint density at radius 1 is 1.19 bits per heavy atom. The molecule has 0 bridgehead atoms. The van der Waals surface area contributed by atoms with Gasteiger partial charge in [0.15, 0.2) is 0 Å². The minimum atomic E-state index is 0.392. The summed E-state index contributed by atoms with van der Waals surface area (Å²) in [5.41, 5.74) is 1.29. The van der Waals surface area contributed by atoms with Gasteiger partial charge in [-0.25, -0.2) is 0 Å². The van der Waals surface area contributed by atoms with Crippen molar-refractivity contribution in [2.75, 3.05) is 13.7 Å². The summed E-state index contributed by atoms with van der Waals surface area (Å²) in [7, 11) is 1.97. The average molecular weight is 221 g/mol. The van der Waals surface area contributed by atoms with Gasteiger partial charge < -0.3 is 10.1 Å². The highest BCUT2D eigenvalue weighted by atomic mass is 16.5. The quantitative estimate of drug-likeness (QED) is 0.795. The molecule has 0 aromatic heterocycles. The van der Waals surface area contributed by atoms with E-state index in [9.17, 15) is 0 Å². The van der Waals surface area contributed by atoms with Gasteiger partial charge >= 0.3 is 0 Å². The molecule has 0 heterocycles. The second kappa shape index (κ2) is 6.54. The molecule has 0 saturated carbocycles. The van der Waals surface area contributed by atoms with Crippen LogP contribution in [0.2, 0.25) is 0 Å². The van der Waals surface area contributed by atoms with Crippen LogP contribution in [0.5, 0.6) is 5.75 Å². The van der Waals surface area contributed by atoms with Crippen molar-refractivity contribution in [1.82, 2.24) is 5.32 Å². The van der Waals surface area contributed by atoms with Crippen molar-refractivity contribution in [2.45, 2.75) is 33.2 Å². The molecule has 0 fully saturated rings. The summed E-state index contributed by atoms with van der Waals surface area (Å²) in [6.07, 6.45) is 1.16. The third kappa shape index (κ3) is 3.86. The molecule has 0 aliphatic rings. The van der Waals surface area contributed by atoms with Gasteiger partial charge in [-0.1, -0.05) is 32.4 Å². The van der Waals surface area contributed by atoms with E-state index in [-0.39, 0.29) is 0 Å². The lowest BCUT2D eigenvalue weighted by Gasteiger charge is -2.13. The number of benzene rings is 1. The summed E-state index contributed by atoms with van der Waals surface area (Å²) >= 11 is 0. The van der Waals surface area contributed by atoms with Gasteiger partial charge in [0, 0.05) is 6.04 Å². The first-order valence-electron chi connectivity index (χ1n) is 6.07. The van der Waals surface area contributed by atoms with Crippen LogP contribution in [0.25, 0.3) is 0 Å². The zero-order chi connectivity index (χ0) is 12.0. The average Bonchev–Trinajstić information content (AvgIpc) is 2.35. The van der Waals surface area contributed by atoms with Gasteiger partial charge in [-0.05, 0) is 37.6 Å². The lowest BCUT2D eigenvalue weighted by molar-refractivity contribution is 0.256. The second-order valence-corrected chi connectivity index (χ2v) is 4.40. The zero-order valence-corrected chi connectivity index (χ0v) is 10.8. The van der Waals surface area contributed by atoms with Gasteiger partial charge in [-0.3, -0.25) is 0 Å². The molecule has 0 radical (unpaired) electrons. The van der Waals surface area contributed by atoms with E-state index >= 15 is 0 Å². The first-order chi connectivity index (χ1) is 7.67. The standard InChI is InChI=1S/C14H23NO/c1-5-11(2)10-16-14-8-6-13(7-9-14)12(3)15-4/h6-9,11-12,15H,5,10H2,1-4H3. The zero-order valence-electron chi connectivity index (χ0n) is 10.8. The largest absolute Gasteiger partial charge is 0.493 e. The summed E-state index contributed by atoms with van der Waals surface area (Å²) in [5.74, 6) is 1.59. The van der Waals surface area contributed by atoms with Crippen molar-refractivity contribution in [1.29, 1.82) is 0 Å². The molecule has 0 aliphatic carbocycles. The van der Waals surface area contributed by atoms with E-state index < -0.39 is 0 Å². The molecule has 2 nitrogen and oxygen atoms in total. The summed E-state index contributed by atoms with van der Waals surface area (Å²) in [6, 6.07) is 8.72. The Morgan fingerprint density at radius 2 is 1.81 bits per heavy atom. The van der Waals surface area contributed by atoms with E-state index in [2.05, 4.69) is 38.2 Å². The molecular formula is C14H23NO. The third-order valence-electron chi connectivity index (χ3n) is 3.04. The molecule has 1 N–H and O–H groups in total. The Labute approximate surface area is 99.0 Å². The van der Waals surface area contributed by atoms with Crippen molar-refractivity contribution >= 4 is 0 Å². The van der Waals surface area contributed by atoms with Crippen LogP contribution in [0, 0.1) is 5.92 Å². The van der Waals surface area contributed by atoms with Gasteiger partial charge in [0.1, 0.15) is 5.75 Å². The lowest BCUT2D eigenvalue weighted by Crippen LogP contribution is -2.12. The Hall–Kier alpha value is -1.02. The van der Waals surface area contributed by atoms with Crippen LogP contribution in [-0.4, -0.2) is 13.7 Å². The topological polar surface area (TPSA) is 21.3 Å². The highest BCUT2D eigenvalue weighted by Gasteiger charge is 2.03. The van der Waals surface area contributed by atoms with E-state index in [1.54, 1.807) is 0 Å². The fourth-order valence-corrected chi connectivity index (χ4v) is 1.38. The Kier molecular flexibility index (Phi) is 5.33. The van der Waals surface area contributed by atoms with E-state index in [1.807, 2.05) is 19.2 Å². The van der Waals surface area contributed by atoms with E-state index in [1.165, 1.54) is 5.56 Å². The summed E-state index contributed by atoms with van der Waals surface area (Å²) in [5, 5.41) is 3.22. The highest BCUT2D eigenvalue weighted by Crippen LogP contribution is 2.18. The summed E-state index contributed by atoms with van der Waals surface area (Å²) in [4.78, 5) is 0. The molecule has 90 valence electrons. The van der Waals surface area contributed by atoms with E-state index in [0.29, 0.717) is 12.0 Å². The molecular weight excluding hydrogens is 198 g/mol. The third-order valence-corrected chi connectivity index (χ3v) is 3.04. The van der Waals surface area contributed by atoms with Crippen LogP contribution in [0.15, 0.2) is 24.3 Å². The van der Waals surface area contributed by atoms with Crippen molar-refractivity contribution in [3.05, 3.63) is 29.8 Å². The SMILES string of the molecule is CCC(C)COc1ccc(C(C)NC)cc1. The molecule has 0 spiro atoms. The minimum absolute atomic E-state index is 0.392. The summed E-state index contributed by atoms with van der Waals surface area (Å²) < 4.78 is 5.71. The first-order valence-corrected chi connectivity index (χ1v) is 6.07. The molecule has 0 aliphatic heterocycles.